The molecule has 1 aliphatic rings. The van der Waals surface area contributed by atoms with Crippen molar-refractivity contribution >= 4 is 24.1 Å². The largest absolute Gasteiger partial charge is 0.467 e. The molecule has 0 aromatic heterocycles. The summed E-state index contributed by atoms with van der Waals surface area (Å²) >= 11 is 0. The zero-order chi connectivity index (χ0) is 21.9. The second kappa shape index (κ2) is 8.76. The Balaban J connectivity index is 3.16. The van der Waals surface area contributed by atoms with Gasteiger partial charge in [-0.25, -0.2) is 19.3 Å². The Bertz CT molecular complexity index is 622. The van der Waals surface area contributed by atoms with E-state index in [2.05, 4.69) is 0 Å². The molecule has 1 rings (SSSR count). The van der Waals surface area contributed by atoms with Gasteiger partial charge in [0.1, 0.15) is 17.2 Å². The SMILES string of the molecule is COC(=O)[C@H]1C[C@H](N(C(=O)CN)C(=O)OC(C)(C)C)CN1C(=O)OC(C)(C)C. The maximum atomic E-state index is 12.6. The molecule has 0 spiro atoms. The fourth-order valence-corrected chi connectivity index (χ4v) is 2.75. The summed E-state index contributed by atoms with van der Waals surface area (Å²) in [6.07, 6.45) is -1.63. The number of ether oxygens (including phenoxy) is 3. The monoisotopic (exact) mass is 401 g/mol. The van der Waals surface area contributed by atoms with Crippen LogP contribution in [0.25, 0.3) is 0 Å². The molecule has 0 saturated carbocycles. The van der Waals surface area contributed by atoms with Gasteiger partial charge in [-0.2, -0.15) is 0 Å². The molecule has 0 aliphatic carbocycles. The van der Waals surface area contributed by atoms with E-state index in [9.17, 15) is 19.2 Å². The minimum absolute atomic E-state index is 0.00308. The Morgan fingerprint density at radius 3 is 2.00 bits per heavy atom. The molecule has 0 unspecified atom stereocenters. The van der Waals surface area contributed by atoms with Gasteiger partial charge in [-0.1, -0.05) is 0 Å². The minimum atomic E-state index is -1.000. The maximum absolute atomic E-state index is 12.6. The highest BCUT2D eigenvalue weighted by Crippen LogP contribution is 2.27. The van der Waals surface area contributed by atoms with Gasteiger partial charge in [-0.15, -0.1) is 0 Å². The van der Waals surface area contributed by atoms with Crippen LogP contribution in [-0.2, 0) is 23.8 Å². The van der Waals surface area contributed by atoms with Crippen molar-refractivity contribution in [3.63, 3.8) is 0 Å². The molecule has 2 atom stereocenters. The quantitative estimate of drug-likeness (QED) is 0.553. The lowest BCUT2D eigenvalue weighted by atomic mass is 10.1. The third-order valence-corrected chi connectivity index (χ3v) is 3.78. The van der Waals surface area contributed by atoms with Crippen molar-refractivity contribution in [2.45, 2.75) is 71.2 Å². The Kier molecular flexibility index (Phi) is 7.41. The van der Waals surface area contributed by atoms with Crippen molar-refractivity contribution in [2.75, 3.05) is 20.2 Å². The van der Waals surface area contributed by atoms with Crippen molar-refractivity contribution in [1.29, 1.82) is 0 Å². The molecule has 0 aromatic rings. The molecule has 0 bridgehead atoms. The first-order valence-corrected chi connectivity index (χ1v) is 9.02. The number of methoxy groups -OCH3 is 1. The van der Waals surface area contributed by atoms with Crippen LogP contribution in [0.1, 0.15) is 48.0 Å². The van der Waals surface area contributed by atoms with Crippen LogP contribution in [0.5, 0.6) is 0 Å². The molecule has 1 saturated heterocycles. The molecule has 28 heavy (non-hydrogen) atoms. The van der Waals surface area contributed by atoms with Crippen LogP contribution in [0.15, 0.2) is 0 Å². The number of imide groups is 1. The van der Waals surface area contributed by atoms with Crippen LogP contribution in [0.3, 0.4) is 0 Å². The van der Waals surface area contributed by atoms with Crippen LogP contribution in [0.2, 0.25) is 0 Å². The number of hydrogen-bond acceptors (Lipinski definition) is 8. The predicted octanol–water partition coefficient (Wildman–Crippen LogP) is 1.26. The first-order valence-electron chi connectivity index (χ1n) is 9.02. The van der Waals surface area contributed by atoms with Crippen LogP contribution >= 0.6 is 0 Å². The van der Waals surface area contributed by atoms with Gasteiger partial charge in [-0.05, 0) is 41.5 Å². The average molecular weight is 401 g/mol. The molecule has 1 heterocycles. The molecule has 3 amide bonds. The van der Waals surface area contributed by atoms with E-state index in [1.165, 1.54) is 7.11 Å². The summed E-state index contributed by atoms with van der Waals surface area (Å²) in [7, 11) is 1.19. The number of nitrogens with zero attached hydrogens (tertiary/aromatic N) is 2. The molecule has 0 aromatic carbocycles. The zero-order valence-corrected chi connectivity index (χ0v) is 17.6. The Labute approximate surface area is 165 Å². The number of amides is 3. The molecule has 10 nitrogen and oxygen atoms in total. The molecule has 2 N–H and O–H groups in total. The van der Waals surface area contributed by atoms with Gasteiger partial charge in [0.05, 0.1) is 19.7 Å². The van der Waals surface area contributed by atoms with Crippen LogP contribution in [0.4, 0.5) is 9.59 Å². The van der Waals surface area contributed by atoms with E-state index < -0.39 is 53.9 Å². The topological polar surface area (TPSA) is 128 Å². The lowest BCUT2D eigenvalue weighted by Gasteiger charge is -2.30. The van der Waals surface area contributed by atoms with Gasteiger partial charge in [0, 0.05) is 13.0 Å². The molecule has 0 radical (unpaired) electrons. The zero-order valence-electron chi connectivity index (χ0n) is 17.6. The normalized spacial score (nSPS) is 19.8. The van der Waals surface area contributed by atoms with Gasteiger partial charge in [0.15, 0.2) is 0 Å². The molecule has 10 heteroatoms. The molecular weight excluding hydrogens is 370 g/mol. The van der Waals surface area contributed by atoms with Crippen molar-refractivity contribution in [1.82, 2.24) is 9.80 Å². The summed E-state index contributed by atoms with van der Waals surface area (Å²) < 4.78 is 15.4. The van der Waals surface area contributed by atoms with E-state index in [1.54, 1.807) is 41.5 Å². The standard InChI is InChI=1S/C18H31N3O7/c1-17(2,3)27-15(24)20-10-11(8-12(20)14(23)26-7)21(13(22)9-19)16(25)28-18(4,5)6/h11-12H,8-10,19H2,1-7H3/t11-,12+/m0/s1. The van der Waals surface area contributed by atoms with E-state index in [0.29, 0.717) is 0 Å². The van der Waals surface area contributed by atoms with Crippen molar-refractivity contribution in [3.8, 4) is 0 Å². The van der Waals surface area contributed by atoms with E-state index in [0.717, 1.165) is 9.80 Å². The highest BCUT2D eigenvalue weighted by Gasteiger charge is 2.47. The fourth-order valence-electron chi connectivity index (χ4n) is 2.75. The molecule has 1 aliphatic heterocycles. The van der Waals surface area contributed by atoms with E-state index in [4.69, 9.17) is 19.9 Å². The Hall–Kier alpha value is -2.36. The summed E-state index contributed by atoms with van der Waals surface area (Å²) in [6, 6.07) is -1.80. The van der Waals surface area contributed by atoms with Crippen molar-refractivity contribution < 1.29 is 33.4 Å². The molecule has 1 fully saturated rings. The summed E-state index contributed by atoms with van der Waals surface area (Å²) in [5.41, 5.74) is 3.82. The number of likely N-dealkylation sites (tertiary alicyclic amines) is 1. The van der Waals surface area contributed by atoms with E-state index in [-0.39, 0.29) is 13.0 Å². The second-order valence-electron chi connectivity index (χ2n) is 8.51. The number of rotatable bonds is 3. The van der Waals surface area contributed by atoms with Gasteiger partial charge in [-0.3, -0.25) is 9.69 Å². The first kappa shape index (κ1) is 23.7. The number of esters is 1. The highest BCUT2D eigenvalue weighted by atomic mass is 16.6. The van der Waals surface area contributed by atoms with Crippen LogP contribution in [-0.4, -0.2) is 77.3 Å². The lowest BCUT2D eigenvalue weighted by molar-refractivity contribution is -0.145. The number of carbonyl (C=O) groups excluding carboxylic acids is 4. The molecule has 160 valence electrons. The van der Waals surface area contributed by atoms with E-state index in [1.807, 2.05) is 0 Å². The lowest BCUT2D eigenvalue weighted by Crippen LogP contribution is -2.50. The average Bonchev–Trinajstić information content (AvgIpc) is 2.95. The number of nitrogens with two attached hydrogens (primary N) is 1. The van der Waals surface area contributed by atoms with Gasteiger partial charge >= 0.3 is 18.2 Å². The second-order valence-corrected chi connectivity index (χ2v) is 8.51. The Morgan fingerprint density at radius 2 is 1.57 bits per heavy atom. The van der Waals surface area contributed by atoms with Gasteiger partial charge < -0.3 is 19.9 Å². The Morgan fingerprint density at radius 1 is 1.04 bits per heavy atom. The third kappa shape index (κ3) is 6.36. The fraction of sp³-hybridized carbons (Fsp3) is 0.778. The highest BCUT2D eigenvalue weighted by molar-refractivity contribution is 5.94. The first-order chi connectivity index (χ1) is 12.7. The van der Waals surface area contributed by atoms with Crippen LogP contribution in [0, 0.1) is 0 Å². The van der Waals surface area contributed by atoms with Crippen molar-refractivity contribution in [2.24, 2.45) is 5.73 Å². The molecular formula is C18H31N3O7. The van der Waals surface area contributed by atoms with Crippen molar-refractivity contribution in [3.05, 3.63) is 0 Å². The minimum Gasteiger partial charge on any atom is -0.467 e. The number of carbonyl (C=O) groups is 4. The third-order valence-electron chi connectivity index (χ3n) is 3.78. The predicted molar refractivity (Wildman–Crippen MR) is 99.3 cm³/mol. The van der Waals surface area contributed by atoms with Crippen LogP contribution < -0.4 is 5.73 Å². The summed E-state index contributed by atoms with van der Waals surface area (Å²) in [5, 5.41) is 0. The van der Waals surface area contributed by atoms with Gasteiger partial charge in [0.25, 0.3) is 0 Å². The smallest absolute Gasteiger partial charge is 0.417 e. The summed E-state index contributed by atoms with van der Waals surface area (Å²) in [4.78, 5) is 51.7. The maximum Gasteiger partial charge on any atom is 0.417 e. The summed E-state index contributed by atoms with van der Waals surface area (Å²) in [6.45, 7) is 9.53. The summed E-state index contributed by atoms with van der Waals surface area (Å²) in [5.74, 6) is -1.34. The van der Waals surface area contributed by atoms with E-state index >= 15 is 0 Å². The van der Waals surface area contributed by atoms with Gasteiger partial charge in [0.2, 0.25) is 5.91 Å². The number of hydrogen-bond donors (Lipinski definition) is 1.